The van der Waals surface area contributed by atoms with Crippen LogP contribution in [0.15, 0.2) is 29.3 Å². The number of amides is 5. The number of nitrogens with zero attached hydrogens (tertiary/aromatic N) is 1. The Bertz CT molecular complexity index is 1270. The number of carbonyl (C=O) groups is 7. The van der Waals surface area contributed by atoms with Crippen molar-refractivity contribution >= 4 is 47.4 Å². The second-order valence-electron chi connectivity index (χ2n) is 9.72. The summed E-state index contributed by atoms with van der Waals surface area (Å²) in [4.78, 5) is 89.2. The minimum absolute atomic E-state index is 0.0578. The van der Waals surface area contributed by atoms with Gasteiger partial charge in [-0.2, -0.15) is 0 Å². The Labute approximate surface area is 262 Å². The first kappa shape index (κ1) is 38.5. The number of guanidine groups is 1. The molecule has 1 aromatic carbocycles. The topological polar surface area (TPSA) is 351 Å². The summed E-state index contributed by atoms with van der Waals surface area (Å²) in [6, 6.07) is -0.702. The second kappa shape index (κ2) is 19.7. The van der Waals surface area contributed by atoms with Crippen molar-refractivity contribution in [2.45, 2.75) is 49.9 Å². The lowest BCUT2D eigenvalue weighted by Crippen LogP contribution is -2.58. The van der Waals surface area contributed by atoms with Gasteiger partial charge in [0.15, 0.2) is 5.96 Å². The molecule has 20 heteroatoms. The predicted octanol–water partition coefficient (Wildman–Crippen LogP) is -5.45. The number of carboxylic acid groups (broad SMARTS) is 2. The van der Waals surface area contributed by atoms with Crippen LogP contribution in [0.2, 0.25) is 0 Å². The van der Waals surface area contributed by atoms with Gasteiger partial charge >= 0.3 is 11.9 Å². The molecule has 0 aliphatic rings. The molecular formula is C26H39N9O11. The molecule has 46 heavy (non-hydrogen) atoms. The van der Waals surface area contributed by atoms with Crippen LogP contribution in [0.5, 0.6) is 5.75 Å². The van der Waals surface area contributed by atoms with Gasteiger partial charge in [-0.15, -0.1) is 0 Å². The molecule has 0 heterocycles. The van der Waals surface area contributed by atoms with Gasteiger partial charge in [0.05, 0.1) is 26.1 Å². The van der Waals surface area contributed by atoms with Gasteiger partial charge in [-0.3, -0.25) is 33.8 Å². The van der Waals surface area contributed by atoms with Crippen LogP contribution in [-0.2, 0) is 40.0 Å². The normalized spacial score (nSPS) is 13.1. The molecule has 20 nitrogen and oxygen atoms in total. The summed E-state index contributed by atoms with van der Waals surface area (Å²) in [6.45, 7) is -2.07. The van der Waals surface area contributed by atoms with Crippen molar-refractivity contribution in [2.75, 3.05) is 26.2 Å². The van der Waals surface area contributed by atoms with Crippen LogP contribution in [0.3, 0.4) is 0 Å². The van der Waals surface area contributed by atoms with Crippen LogP contribution < -0.4 is 43.8 Å². The molecule has 0 saturated heterocycles. The van der Waals surface area contributed by atoms with Crippen molar-refractivity contribution in [1.82, 2.24) is 26.6 Å². The van der Waals surface area contributed by atoms with Crippen molar-refractivity contribution < 1.29 is 54.0 Å². The summed E-state index contributed by atoms with van der Waals surface area (Å²) in [5.74, 6) is -8.05. The highest BCUT2D eigenvalue weighted by atomic mass is 16.4. The summed E-state index contributed by atoms with van der Waals surface area (Å²) in [5.41, 5.74) is 16.2. The quantitative estimate of drug-likeness (QED) is 0.0355. The number of carboxylic acids is 2. The molecule has 0 aliphatic heterocycles. The Hall–Kier alpha value is -5.50. The molecule has 0 unspecified atom stereocenters. The van der Waals surface area contributed by atoms with Crippen LogP contribution in [0, 0.1) is 0 Å². The minimum atomic E-state index is -1.79. The van der Waals surface area contributed by atoms with Gasteiger partial charge in [-0.25, -0.2) is 4.79 Å². The van der Waals surface area contributed by atoms with Gasteiger partial charge in [0, 0.05) is 13.0 Å². The highest BCUT2D eigenvalue weighted by molar-refractivity contribution is 5.96. The number of rotatable bonds is 20. The number of nitrogens with one attached hydrogen (secondary N) is 5. The number of hydrogen-bond acceptors (Lipinski definition) is 11. The molecule has 0 saturated carbocycles. The number of phenols is 1. The SMILES string of the molecule is NCC(=O)N[C@@H](CCCN=C(N)N)C(=O)NCC(=O)N[C@@H](CC(=O)O)C(=O)N[C@@H](CO)C(=O)N[C@@H](Cc1ccc(O)cc1)C(=O)O. The maximum Gasteiger partial charge on any atom is 0.326 e. The third-order valence-electron chi connectivity index (χ3n) is 6.04. The lowest BCUT2D eigenvalue weighted by atomic mass is 10.1. The number of aromatic hydroxyl groups is 1. The standard InChI is InChI=1S/C26H39N9O11/c27-10-19(38)32-15(2-1-7-30-26(28)29)22(42)31-11-20(39)33-16(9-21(40)41)23(43)35-18(12-36)24(44)34-17(25(45)46)8-13-3-5-14(37)6-4-13/h3-6,15-18,36-37H,1-2,7-12,27H2,(H,31,42)(H,32,38)(H,33,39)(H,34,44)(H,35,43)(H,40,41)(H,45,46)(H4,28,29,30)/t15-,16-,17-,18-/m0/s1. The summed E-state index contributed by atoms with van der Waals surface area (Å²) in [7, 11) is 0. The second-order valence-corrected chi connectivity index (χ2v) is 9.72. The van der Waals surface area contributed by atoms with E-state index in [2.05, 4.69) is 31.6 Å². The van der Waals surface area contributed by atoms with E-state index in [1.807, 2.05) is 0 Å². The number of aliphatic hydroxyl groups is 1. The Kier molecular flexibility index (Phi) is 16.5. The van der Waals surface area contributed by atoms with Gasteiger partial charge in [-0.1, -0.05) is 12.1 Å². The molecule has 0 radical (unpaired) electrons. The predicted molar refractivity (Wildman–Crippen MR) is 158 cm³/mol. The highest BCUT2D eigenvalue weighted by Gasteiger charge is 2.31. The van der Waals surface area contributed by atoms with E-state index >= 15 is 0 Å². The van der Waals surface area contributed by atoms with Crippen molar-refractivity contribution in [2.24, 2.45) is 22.2 Å². The fourth-order valence-corrected chi connectivity index (χ4v) is 3.75. The molecule has 1 rings (SSSR count). The first-order chi connectivity index (χ1) is 21.7. The fraction of sp³-hybridized carbons (Fsp3) is 0.462. The van der Waals surface area contributed by atoms with Gasteiger partial charge in [0.2, 0.25) is 29.5 Å². The van der Waals surface area contributed by atoms with E-state index in [0.717, 1.165) is 0 Å². The molecular weight excluding hydrogens is 614 g/mol. The van der Waals surface area contributed by atoms with Crippen molar-refractivity contribution in [3.8, 4) is 5.75 Å². The van der Waals surface area contributed by atoms with E-state index in [1.165, 1.54) is 24.3 Å². The zero-order valence-electron chi connectivity index (χ0n) is 24.6. The Morgan fingerprint density at radius 2 is 1.37 bits per heavy atom. The Morgan fingerprint density at radius 1 is 0.783 bits per heavy atom. The lowest BCUT2D eigenvalue weighted by molar-refractivity contribution is -0.143. The lowest BCUT2D eigenvalue weighted by Gasteiger charge is -2.23. The summed E-state index contributed by atoms with van der Waals surface area (Å²) in [6.07, 6.45) is -0.867. The molecule has 0 fully saturated rings. The van der Waals surface area contributed by atoms with E-state index in [0.29, 0.717) is 5.56 Å². The van der Waals surface area contributed by atoms with E-state index in [1.54, 1.807) is 0 Å². The maximum atomic E-state index is 12.8. The molecule has 4 atom stereocenters. The van der Waals surface area contributed by atoms with Gasteiger partial charge in [0.1, 0.15) is 29.9 Å². The van der Waals surface area contributed by atoms with Crippen molar-refractivity contribution in [3.63, 3.8) is 0 Å². The van der Waals surface area contributed by atoms with Crippen LogP contribution in [0.1, 0.15) is 24.8 Å². The van der Waals surface area contributed by atoms with Crippen LogP contribution in [0.4, 0.5) is 0 Å². The zero-order chi connectivity index (χ0) is 34.8. The number of aliphatic imine (C=N–C) groups is 1. The smallest absolute Gasteiger partial charge is 0.326 e. The molecule has 0 spiro atoms. The van der Waals surface area contributed by atoms with Crippen molar-refractivity contribution in [1.29, 1.82) is 0 Å². The highest BCUT2D eigenvalue weighted by Crippen LogP contribution is 2.11. The van der Waals surface area contributed by atoms with E-state index in [4.69, 9.17) is 17.2 Å². The third kappa shape index (κ3) is 14.8. The monoisotopic (exact) mass is 653 g/mol. The van der Waals surface area contributed by atoms with Crippen LogP contribution in [-0.4, -0.2) is 118 Å². The largest absolute Gasteiger partial charge is 0.508 e. The van der Waals surface area contributed by atoms with Gasteiger partial charge in [-0.05, 0) is 30.5 Å². The number of carbonyl (C=O) groups excluding carboxylic acids is 5. The molecule has 1 aromatic rings. The average Bonchev–Trinajstić information content (AvgIpc) is 2.99. The zero-order valence-corrected chi connectivity index (χ0v) is 24.6. The first-order valence-corrected chi connectivity index (χ1v) is 13.7. The third-order valence-corrected chi connectivity index (χ3v) is 6.04. The van der Waals surface area contributed by atoms with Crippen molar-refractivity contribution in [3.05, 3.63) is 29.8 Å². The van der Waals surface area contributed by atoms with E-state index < -0.39 is 91.8 Å². The summed E-state index contributed by atoms with van der Waals surface area (Å²) >= 11 is 0. The average molecular weight is 654 g/mol. The Morgan fingerprint density at radius 3 is 1.91 bits per heavy atom. The molecule has 0 bridgehead atoms. The number of aliphatic hydroxyl groups excluding tert-OH is 1. The molecule has 0 aliphatic carbocycles. The Balaban J connectivity index is 2.86. The maximum absolute atomic E-state index is 12.8. The number of aliphatic carboxylic acids is 2. The summed E-state index contributed by atoms with van der Waals surface area (Å²) in [5, 5.41) is 48.7. The minimum Gasteiger partial charge on any atom is -0.508 e. The van der Waals surface area contributed by atoms with E-state index in [9.17, 15) is 54.0 Å². The number of benzene rings is 1. The molecule has 5 amide bonds. The van der Waals surface area contributed by atoms with E-state index in [-0.39, 0.29) is 37.5 Å². The number of hydrogen-bond donors (Lipinski definition) is 12. The molecule has 254 valence electrons. The first-order valence-electron chi connectivity index (χ1n) is 13.7. The number of phenolic OH excluding ortho intramolecular Hbond substituents is 1. The van der Waals surface area contributed by atoms with Gasteiger partial charge in [0.25, 0.3) is 0 Å². The fourth-order valence-electron chi connectivity index (χ4n) is 3.75. The van der Waals surface area contributed by atoms with Crippen LogP contribution >= 0.6 is 0 Å². The molecule has 0 aromatic heterocycles. The van der Waals surface area contributed by atoms with Gasteiger partial charge < -0.3 is 64.2 Å². The molecule has 15 N–H and O–H groups in total. The summed E-state index contributed by atoms with van der Waals surface area (Å²) < 4.78 is 0. The number of nitrogens with two attached hydrogens (primary N) is 3. The van der Waals surface area contributed by atoms with Crippen LogP contribution in [0.25, 0.3) is 0 Å².